The van der Waals surface area contributed by atoms with Gasteiger partial charge in [-0.2, -0.15) is 0 Å². The monoisotopic (exact) mass is 295 g/mol. The summed E-state index contributed by atoms with van der Waals surface area (Å²) in [6.45, 7) is 1.47. The summed E-state index contributed by atoms with van der Waals surface area (Å²) in [5.41, 5.74) is 1.61. The fraction of sp³-hybridized carbons (Fsp3) is 0.0833. The number of hydrogen-bond donors (Lipinski definition) is 3. The lowest BCUT2D eigenvalue weighted by Crippen LogP contribution is -2.10. The number of nitro groups is 1. The van der Waals surface area contributed by atoms with Crippen LogP contribution in [0.1, 0.15) is 5.56 Å². The quantitative estimate of drug-likeness (QED) is 0.455. The van der Waals surface area contributed by atoms with E-state index in [1.165, 1.54) is 13.0 Å². The van der Waals surface area contributed by atoms with E-state index in [4.69, 9.17) is 5.84 Å². The minimum absolute atomic E-state index is 0.0137. The summed E-state index contributed by atoms with van der Waals surface area (Å²) < 4.78 is 27.5. The van der Waals surface area contributed by atoms with Gasteiger partial charge in [0.05, 0.1) is 17.1 Å². The first kappa shape index (κ1) is 14.6. The number of nitrogens with one attached hydrogen (secondary N) is 2. The third-order valence-corrected chi connectivity index (χ3v) is 2.71. The van der Waals surface area contributed by atoms with Crippen LogP contribution in [-0.2, 0) is 0 Å². The molecule has 0 fully saturated rings. The van der Waals surface area contributed by atoms with Crippen LogP contribution in [0.4, 0.5) is 31.8 Å². The first-order valence-corrected chi connectivity index (χ1v) is 5.77. The normalized spacial score (nSPS) is 10.3. The molecule has 21 heavy (non-hydrogen) atoms. The molecular weight excluding hydrogens is 284 g/mol. The summed E-state index contributed by atoms with van der Waals surface area (Å²) in [7, 11) is 0. The van der Waals surface area contributed by atoms with Crippen molar-refractivity contribution in [2.45, 2.75) is 6.92 Å². The molecule has 9 heteroatoms. The highest BCUT2D eigenvalue weighted by Crippen LogP contribution is 2.27. The molecule has 0 aliphatic rings. The first-order chi connectivity index (χ1) is 9.92. The van der Waals surface area contributed by atoms with Gasteiger partial charge in [-0.15, -0.1) is 0 Å². The highest BCUT2D eigenvalue weighted by molar-refractivity contribution is 5.63. The molecule has 0 radical (unpaired) electrons. The number of nitrogen functional groups attached to an aromatic ring is 1. The van der Waals surface area contributed by atoms with E-state index in [-0.39, 0.29) is 22.9 Å². The predicted octanol–water partition coefficient (Wildman–Crippen LogP) is 2.61. The molecule has 1 heterocycles. The Morgan fingerprint density at radius 1 is 1.29 bits per heavy atom. The molecule has 1 aromatic carbocycles. The van der Waals surface area contributed by atoms with Crippen molar-refractivity contribution in [2.75, 3.05) is 10.7 Å². The number of hydrogen-bond acceptors (Lipinski definition) is 6. The van der Waals surface area contributed by atoms with Crippen LogP contribution in [0.5, 0.6) is 0 Å². The van der Waals surface area contributed by atoms with E-state index >= 15 is 0 Å². The average molecular weight is 295 g/mol. The lowest BCUT2D eigenvalue weighted by atomic mass is 10.2. The number of rotatable bonds is 4. The molecule has 0 aliphatic heterocycles. The summed E-state index contributed by atoms with van der Waals surface area (Å²) in [6.07, 6.45) is 0. The Bertz CT molecular complexity index is 708. The van der Waals surface area contributed by atoms with Gasteiger partial charge >= 0.3 is 0 Å². The SMILES string of the molecule is Cc1ccc(F)c(Nc2cc([N+](=O)[O-])cc(NN)n2)c1F. The molecule has 0 saturated heterocycles. The highest BCUT2D eigenvalue weighted by Gasteiger charge is 2.15. The smallest absolute Gasteiger partial charge is 0.276 e. The van der Waals surface area contributed by atoms with Crippen molar-refractivity contribution in [3.63, 3.8) is 0 Å². The van der Waals surface area contributed by atoms with Crippen molar-refractivity contribution in [3.05, 3.63) is 51.6 Å². The maximum absolute atomic E-state index is 13.9. The molecule has 0 amide bonds. The zero-order chi connectivity index (χ0) is 15.6. The number of halogens is 2. The van der Waals surface area contributed by atoms with Gasteiger partial charge in [0.1, 0.15) is 23.1 Å². The second kappa shape index (κ2) is 5.67. The number of aryl methyl sites for hydroxylation is 1. The maximum atomic E-state index is 13.9. The van der Waals surface area contributed by atoms with E-state index in [9.17, 15) is 18.9 Å². The van der Waals surface area contributed by atoms with Crippen LogP contribution in [0.25, 0.3) is 0 Å². The highest BCUT2D eigenvalue weighted by atomic mass is 19.1. The third-order valence-electron chi connectivity index (χ3n) is 2.71. The number of anilines is 3. The molecular formula is C12H11F2N5O2. The second-order valence-corrected chi connectivity index (χ2v) is 4.18. The van der Waals surface area contributed by atoms with Gasteiger partial charge in [0.15, 0.2) is 5.82 Å². The summed E-state index contributed by atoms with van der Waals surface area (Å²) in [5, 5.41) is 13.2. The molecule has 0 atom stereocenters. The van der Waals surface area contributed by atoms with Gasteiger partial charge in [-0.25, -0.2) is 19.6 Å². The van der Waals surface area contributed by atoms with Crippen molar-refractivity contribution >= 4 is 23.0 Å². The van der Waals surface area contributed by atoms with Crippen molar-refractivity contribution in [3.8, 4) is 0 Å². The number of benzene rings is 1. The van der Waals surface area contributed by atoms with Crippen LogP contribution >= 0.6 is 0 Å². The fourth-order valence-corrected chi connectivity index (χ4v) is 1.66. The van der Waals surface area contributed by atoms with Crippen molar-refractivity contribution in [1.82, 2.24) is 4.98 Å². The zero-order valence-corrected chi connectivity index (χ0v) is 10.9. The van der Waals surface area contributed by atoms with Gasteiger partial charge in [-0.05, 0) is 18.6 Å². The topological polar surface area (TPSA) is 106 Å². The van der Waals surface area contributed by atoms with E-state index in [2.05, 4.69) is 15.7 Å². The maximum Gasteiger partial charge on any atom is 0.276 e. The van der Waals surface area contributed by atoms with Gasteiger partial charge in [0.25, 0.3) is 5.69 Å². The minimum Gasteiger partial charge on any atom is -0.335 e. The predicted molar refractivity (Wildman–Crippen MR) is 73.1 cm³/mol. The van der Waals surface area contributed by atoms with E-state index in [1.54, 1.807) is 0 Å². The molecule has 0 saturated carbocycles. The van der Waals surface area contributed by atoms with Crippen LogP contribution in [0.2, 0.25) is 0 Å². The van der Waals surface area contributed by atoms with Gasteiger partial charge in [-0.1, -0.05) is 6.07 Å². The summed E-state index contributed by atoms with van der Waals surface area (Å²) in [5.74, 6) is 3.39. The van der Waals surface area contributed by atoms with Crippen molar-refractivity contribution < 1.29 is 13.7 Å². The molecule has 110 valence electrons. The standard InChI is InChI=1S/C12H11F2N5O2/c1-6-2-3-8(13)12(11(6)14)17-9-4-7(19(20)21)5-10(16-9)18-15/h2-5H,15H2,1H3,(H2,16,17,18). The van der Waals surface area contributed by atoms with Crippen molar-refractivity contribution in [2.24, 2.45) is 5.84 Å². The van der Waals surface area contributed by atoms with Crippen LogP contribution in [0, 0.1) is 28.7 Å². The molecule has 0 bridgehead atoms. The summed E-state index contributed by atoms with van der Waals surface area (Å²) >= 11 is 0. The summed E-state index contributed by atoms with van der Waals surface area (Å²) in [4.78, 5) is 14.0. The lowest BCUT2D eigenvalue weighted by molar-refractivity contribution is -0.384. The van der Waals surface area contributed by atoms with Crippen LogP contribution < -0.4 is 16.6 Å². The third kappa shape index (κ3) is 3.03. The second-order valence-electron chi connectivity index (χ2n) is 4.18. The fourth-order valence-electron chi connectivity index (χ4n) is 1.66. The molecule has 0 aliphatic carbocycles. The Hall–Kier alpha value is -2.81. The molecule has 4 N–H and O–H groups in total. The Kier molecular flexibility index (Phi) is 3.94. The molecule has 0 spiro atoms. The summed E-state index contributed by atoms with van der Waals surface area (Å²) in [6, 6.07) is 4.50. The van der Waals surface area contributed by atoms with E-state index in [1.807, 2.05) is 0 Å². The Labute approximate surface area is 117 Å². The number of aromatic nitrogens is 1. The van der Waals surface area contributed by atoms with Crippen LogP contribution in [0.3, 0.4) is 0 Å². The Morgan fingerprint density at radius 2 is 1.95 bits per heavy atom. The number of nitrogens with zero attached hydrogens (tertiary/aromatic N) is 2. The average Bonchev–Trinajstić information content (AvgIpc) is 2.47. The van der Waals surface area contributed by atoms with Crippen LogP contribution in [0.15, 0.2) is 24.3 Å². The Balaban J connectivity index is 2.47. The molecule has 7 nitrogen and oxygen atoms in total. The number of nitrogens with two attached hydrogens (primary N) is 1. The van der Waals surface area contributed by atoms with Gasteiger partial charge < -0.3 is 10.7 Å². The Morgan fingerprint density at radius 3 is 2.57 bits per heavy atom. The molecule has 0 unspecified atom stereocenters. The van der Waals surface area contributed by atoms with E-state index in [0.29, 0.717) is 0 Å². The van der Waals surface area contributed by atoms with Crippen LogP contribution in [-0.4, -0.2) is 9.91 Å². The van der Waals surface area contributed by atoms with E-state index in [0.717, 1.165) is 18.2 Å². The molecule has 2 rings (SSSR count). The van der Waals surface area contributed by atoms with Crippen molar-refractivity contribution in [1.29, 1.82) is 0 Å². The zero-order valence-electron chi connectivity index (χ0n) is 10.9. The van der Waals surface area contributed by atoms with Gasteiger partial charge in [0, 0.05) is 0 Å². The minimum atomic E-state index is -0.839. The van der Waals surface area contributed by atoms with Gasteiger partial charge in [0.2, 0.25) is 0 Å². The largest absolute Gasteiger partial charge is 0.335 e. The number of hydrazine groups is 1. The lowest BCUT2D eigenvalue weighted by Gasteiger charge is -2.10. The van der Waals surface area contributed by atoms with E-state index < -0.39 is 22.2 Å². The molecule has 1 aromatic heterocycles. The van der Waals surface area contributed by atoms with Gasteiger partial charge in [-0.3, -0.25) is 10.1 Å². The number of pyridine rings is 1. The first-order valence-electron chi connectivity index (χ1n) is 5.77. The molecule has 2 aromatic rings.